The predicted octanol–water partition coefficient (Wildman–Crippen LogP) is 0.864. The van der Waals surface area contributed by atoms with Crippen LogP contribution >= 0.6 is 11.3 Å². The molecule has 5 nitrogen and oxygen atoms in total. The third-order valence-corrected chi connectivity index (χ3v) is 3.82. The van der Waals surface area contributed by atoms with Crippen LogP contribution in [0, 0.1) is 6.92 Å². The van der Waals surface area contributed by atoms with E-state index in [4.69, 9.17) is 10.9 Å². The van der Waals surface area contributed by atoms with Gasteiger partial charge in [0.2, 0.25) is 0 Å². The number of rotatable bonds is 7. The second kappa shape index (κ2) is 7.48. The van der Waals surface area contributed by atoms with Gasteiger partial charge in [0.15, 0.2) is 0 Å². The summed E-state index contributed by atoms with van der Waals surface area (Å²) in [4.78, 5) is 15.4. The van der Waals surface area contributed by atoms with Gasteiger partial charge in [0.25, 0.3) is 5.91 Å². The zero-order chi connectivity index (χ0) is 13.5. The Labute approximate surface area is 112 Å². The molecule has 0 saturated carbocycles. The Morgan fingerprint density at radius 1 is 1.56 bits per heavy atom. The molecule has 1 aromatic rings. The van der Waals surface area contributed by atoms with Crippen LogP contribution in [0.4, 0.5) is 0 Å². The topological polar surface area (TPSA) is 78.6 Å². The summed E-state index contributed by atoms with van der Waals surface area (Å²) in [5.74, 6) is 4.87. The van der Waals surface area contributed by atoms with Crippen LogP contribution in [0.1, 0.15) is 33.5 Å². The summed E-state index contributed by atoms with van der Waals surface area (Å²) in [6.07, 6.45) is 1.04. The fraction of sp³-hybridized carbons (Fsp3) is 0.583. The summed E-state index contributed by atoms with van der Waals surface area (Å²) in [5, 5.41) is 9.02. The maximum atomic E-state index is 11.4. The Morgan fingerprint density at radius 2 is 2.28 bits per heavy atom. The molecule has 0 bridgehead atoms. The van der Waals surface area contributed by atoms with Gasteiger partial charge >= 0.3 is 0 Å². The average molecular weight is 271 g/mol. The molecule has 0 atom stereocenters. The zero-order valence-electron chi connectivity index (χ0n) is 10.9. The van der Waals surface area contributed by atoms with Gasteiger partial charge in [-0.05, 0) is 31.5 Å². The molecule has 0 unspecified atom stereocenters. The van der Waals surface area contributed by atoms with Crippen molar-refractivity contribution in [1.82, 2.24) is 10.3 Å². The number of amides is 1. The number of nitrogen functional groups attached to an aromatic ring is 1. The summed E-state index contributed by atoms with van der Waals surface area (Å²) >= 11 is 1.44. The molecule has 0 aliphatic rings. The second-order valence-corrected chi connectivity index (χ2v) is 5.42. The number of hydrazine groups is 1. The molecule has 1 amide bonds. The Hall–Kier alpha value is -0.950. The van der Waals surface area contributed by atoms with Gasteiger partial charge in [-0.15, -0.1) is 11.3 Å². The summed E-state index contributed by atoms with van der Waals surface area (Å²) in [6.45, 7) is 6.61. The summed E-state index contributed by atoms with van der Waals surface area (Å²) in [6, 6.07) is 1.88. The van der Waals surface area contributed by atoms with E-state index in [9.17, 15) is 4.79 Å². The van der Waals surface area contributed by atoms with E-state index in [-0.39, 0.29) is 12.5 Å². The fourth-order valence-corrected chi connectivity index (χ4v) is 2.77. The molecule has 18 heavy (non-hydrogen) atoms. The molecule has 0 aromatic carbocycles. The molecular weight excluding hydrogens is 250 g/mol. The minimum absolute atomic E-state index is 0.152. The SMILES string of the molecule is CCCN(CCO)Cc1cc(C(=O)NN)sc1C. The highest BCUT2D eigenvalue weighted by Crippen LogP contribution is 2.22. The zero-order valence-corrected chi connectivity index (χ0v) is 11.7. The molecule has 102 valence electrons. The quantitative estimate of drug-likeness (QED) is 0.390. The van der Waals surface area contributed by atoms with Crippen LogP contribution in [-0.4, -0.2) is 35.6 Å². The predicted molar refractivity (Wildman–Crippen MR) is 73.4 cm³/mol. The smallest absolute Gasteiger partial charge is 0.275 e. The number of carbonyl (C=O) groups is 1. The lowest BCUT2D eigenvalue weighted by atomic mass is 10.2. The van der Waals surface area contributed by atoms with Crippen molar-refractivity contribution < 1.29 is 9.90 Å². The van der Waals surface area contributed by atoms with Crippen LogP contribution in [-0.2, 0) is 6.54 Å². The summed E-state index contributed by atoms with van der Waals surface area (Å²) in [5.41, 5.74) is 3.27. The first-order valence-corrected chi connectivity index (χ1v) is 6.87. The Balaban J connectivity index is 2.76. The number of aliphatic hydroxyl groups excluding tert-OH is 1. The largest absolute Gasteiger partial charge is 0.395 e. The molecular formula is C12H21N3O2S. The van der Waals surface area contributed by atoms with Gasteiger partial charge in [0.1, 0.15) is 0 Å². The summed E-state index contributed by atoms with van der Waals surface area (Å²) < 4.78 is 0. The molecule has 0 radical (unpaired) electrons. The van der Waals surface area contributed by atoms with Gasteiger partial charge in [-0.1, -0.05) is 6.92 Å². The van der Waals surface area contributed by atoms with E-state index >= 15 is 0 Å². The third kappa shape index (κ3) is 4.06. The van der Waals surface area contributed by atoms with E-state index in [0.717, 1.165) is 30.0 Å². The lowest BCUT2D eigenvalue weighted by Gasteiger charge is -2.20. The van der Waals surface area contributed by atoms with E-state index < -0.39 is 0 Å². The maximum absolute atomic E-state index is 11.4. The van der Waals surface area contributed by atoms with Crippen LogP contribution in [0.15, 0.2) is 6.07 Å². The molecule has 4 N–H and O–H groups in total. The van der Waals surface area contributed by atoms with Gasteiger partial charge in [-0.25, -0.2) is 5.84 Å². The third-order valence-electron chi connectivity index (χ3n) is 2.73. The van der Waals surface area contributed by atoms with Crippen molar-refractivity contribution >= 4 is 17.2 Å². The lowest BCUT2D eigenvalue weighted by Crippen LogP contribution is -2.29. The fourth-order valence-electron chi connectivity index (χ4n) is 1.83. The number of hydrogen-bond donors (Lipinski definition) is 3. The Bertz CT molecular complexity index is 387. The van der Waals surface area contributed by atoms with E-state index in [1.54, 1.807) is 0 Å². The number of hydrogen-bond acceptors (Lipinski definition) is 5. The standard InChI is InChI=1S/C12H21N3O2S/c1-3-4-15(5-6-16)8-10-7-11(12(17)14-13)18-9(10)2/h7,16H,3-6,8,13H2,1-2H3,(H,14,17). The van der Waals surface area contributed by atoms with Crippen molar-refractivity contribution in [1.29, 1.82) is 0 Å². The van der Waals surface area contributed by atoms with E-state index in [0.29, 0.717) is 11.4 Å². The molecule has 0 aliphatic carbocycles. The van der Waals surface area contributed by atoms with Crippen molar-refractivity contribution in [3.63, 3.8) is 0 Å². The molecule has 0 fully saturated rings. The lowest BCUT2D eigenvalue weighted by molar-refractivity contribution is 0.0957. The van der Waals surface area contributed by atoms with E-state index in [1.807, 2.05) is 13.0 Å². The highest BCUT2D eigenvalue weighted by molar-refractivity contribution is 7.14. The minimum atomic E-state index is -0.251. The Morgan fingerprint density at radius 3 is 2.83 bits per heavy atom. The van der Waals surface area contributed by atoms with Crippen LogP contribution in [0.3, 0.4) is 0 Å². The van der Waals surface area contributed by atoms with Crippen molar-refractivity contribution in [2.75, 3.05) is 19.7 Å². The molecule has 1 rings (SSSR count). The number of nitrogens with zero attached hydrogens (tertiary/aromatic N) is 1. The van der Waals surface area contributed by atoms with Crippen LogP contribution in [0.2, 0.25) is 0 Å². The number of nitrogens with one attached hydrogen (secondary N) is 1. The molecule has 0 aliphatic heterocycles. The minimum Gasteiger partial charge on any atom is -0.395 e. The number of nitrogens with two attached hydrogens (primary N) is 1. The van der Waals surface area contributed by atoms with Crippen LogP contribution in [0.25, 0.3) is 0 Å². The average Bonchev–Trinajstić information content (AvgIpc) is 2.71. The molecule has 6 heteroatoms. The molecule has 1 heterocycles. The van der Waals surface area contributed by atoms with Gasteiger partial charge < -0.3 is 5.11 Å². The van der Waals surface area contributed by atoms with Gasteiger partial charge in [-0.3, -0.25) is 15.1 Å². The monoisotopic (exact) mass is 271 g/mol. The number of carbonyl (C=O) groups excluding carboxylic acids is 1. The van der Waals surface area contributed by atoms with E-state index in [1.165, 1.54) is 11.3 Å². The number of thiophene rings is 1. The van der Waals surface area contributed by atoms with Crippen LogP contribution in [0.5, 0.6) is 0 Å². The first kappa shape index (κ1) is 15.1. The van der Waals surface area contributed by atoms with Crippen molar-refractivity contribution in [2.45, 2.75) is 26.8 Å². The number of aryl methyl sites for hydroxylation is 1. The van der Waals surface area contributed by atoms with Crippen molar-refractivity contribution in [3.8, 4) is 0 Å². The van der Waals surface area contributed by atoms with Crippen molar-refractivity contribution in [2.24, 2.45) is 5.84 Å². The first-order valence-electron chi connectivity index (χ1n) is 6.05. The molecule has 1 aromatic heterocycles. The first-order chi connectivity index (χ1) is 8.62. The van der Waals surface area contributed by atoms with Crippen molar-refractivity contribution in [3.05, 3.63) is 21.4 Å². The second-order valence-electron chi connectivity index (χ2n) is 4.17. The normalized spacial score (nSPS) is 10.9. The van der Waals surface area contributed by atoms with Crippen LogP contribution < -0.4 is 11.3 Å². The molecule has 0 spiro atoms. The Kier molecular flexibility index (Phi) is 6.28. The summed E-state index contributed by atoms with van der Waals surface area (Å²) in [7, 11) is 0. The maximum Gasteiger partial charge on any atom is 0.275 e. The van der Waals surface area contributed by atoms with E-state index in [2.05, 4.69) is 17.2 Å². The highest BCUT2D eigenvalue weighted by atomic mass is 32.1. The number of aliphatic hydroxyl groups is 1. The van der Waals surface area contributed by atoms with Gasteiger partial charge in [0, 0.05) is 18.0 Å². The van der Waals surface area contributed by atoms with Gasteiger partial charge in [0.05, 0.1) is 11.5 Å². The van der Waals surface area contributed by atoms with Gasteiger partial charge in [-0.2, -0.15) is 0 Å². The molecule has 0 saturated heterocycles. The highest BCUT2D eigenvalue weighted by Gasteiger charge is 2.13.